The molecule has 0 N–H and O–H groups in total. The van der Waals surface area contributed by atoms with Crippen LogP contribution in [0.1, 0.15) is 35.3 Å². The Hall–Kier alpha value is -3.49. The van der Waals surface area contributed by atoms with E-state index in [-0.39, 0.29) is 22.4 Å². The number of sulfonamides is 1. The summed E-state index contributed by atoms with van der Waals surface area (Å²) >= 11 is 0. The molecule has 0 unspecified atom stereocenters. The summed E-state index contributed by atoms with van der Waals surface area (Å²) < 4.78 is 32.2. The molecule has 1 aliphatic rings. The summed E-state index contributed by atoms with van der Waals surface area (Å²) in [6, 6.07) is 20.8. The van der Waals surface area contributed by atoms with Crippen LogP contribution in [0.4, 0.5) is 11.4 Å². The second-order valence-corrected chi connectivity index (χ2v) is 10.7. The lowest BCUT2D eigenvalue weighted by molar-refractivity contribution is -0.120. The van der Waals surface area contributed by atoms with E-state index in [9.17, 15) is 18.0 Å². The fourth-order valence-electron chi connectivity index (χ4n) is 4.05. The smallest absolute Gasteiger partial charge is 0.338 e. The van der Waals surface area contributed by atoms with Crippen LogP contribution < -0.4 is 4.90 Å². The summed E-state index contributed by atoms with van der Waals surface area (Å²) in [5, 5.41) is 0. The normalized spacial score (nSPS) is 13.2. The molecule has 182 valence electrons. The van der Waals surface area contributed by atoms with Crippen LogP contribution in [0.5, 0.6) is 0 Å². The summed E-state index contributed by atoms with van der Waals surface area (Å²) in [6.07, 6.45) is 1.59. The van der Waals surface area contributed by atoms with E-state index in [1.165, 1.54) is 35.6 Å². The number of anilines is 2. The molecule has 7 nitrogen and oxygen atoms in total. The van der Waals surface area contributed by atoms with Crippen LogP contribution in [-0.2, 0) is 32.4 Å². The van der Waals surface area contributed by atoms with Gasteiger partial charge in [0.25, 0.3) is 5.91 Å². The maximum atomic E-state index is 13.3. The molecular formula is C27H28N2O5S. The monoisotopic (exact) mass is 492 g/mol. The number of hydrogen-bond acceptors (Lipinski definition) is 5. The van der Waals surface area contributed by atoms with Gasteiger partial charge in [-0.25, -0.2) is 13.2 Å². The van der Waals surface area contributed by atoms with Crippen molar-refractivity contribution in [3.05, 3.63) is 89.5 Å². The van der Waals surface area contributed by atoms with Gasteiger partial charge in [0.05, 0.1) is 21.8 Å². The molecule has 1 amide bonds. The molecule has 1 aliphatic heterocycles. The van der Waals surface area contributed by atoms with Crippen LogP contribution in [-0.4, -0.2) is 44.3 Å². The Morgan fingerprint density at radius 2 is 1.49 bits per heavy atom. The lowest BCUT2D eigenvalue weighted by Gasteiger charge is -2.24. The Balaban J connectivity index is 1.56. The summed E-state index contributed by atoms with van der Waals surface area (Å²) in [5.41, 5.74) is 3.67. The lowest BCUT2D eigenvalue weighted by Crippen LogP contribution is -2.33. The molecule has 0 aromatic heterocycles. The van der Waals surface area contributed by atoms with Gasteiger partial charge in [-0.1, -0.05) is 42.5 Å². The highest BCUT2D eigenvalue weighted by Gasteiger charge is 2.27. The highest BCUT2D eigenvalue weighted by atomic mass is 32.2. The molecule has 0 saturated heterocycles. The number of fused-ring (bicyclic) bond motifs is 2. The van der Waals surface area contributed by atoms with Gasteiger partial charge >= 0.3 is 5.97 Å². The van der Waals surface area contributed by atoms with E-state index in [2.05, 4.69) is 0 Å². The second-order valence-electron chi connectivity index (χ2n) is 8.71. The molecular weight excluding hydrogens is 464 g/mol. The molecule has 3 aromatic rings. The Labute approximate surface area is 206 Å². The predicted octanol–water partition coefficient (Wildman–Crippen LogP) is 4.34. The molecule has 1 heterocycles. The van der Waals surface area contributed by atoms with Crippen molar-refractivity contribution in [1.29, 1.82) is 0 Å². The topological polar surface area (TPSA) is 84.0 Å². The van der Waals surface area contributed by atoms with Crippen molar-refractivity contribution in [2.75, 3.05) is 18.6 Å². The van der Waals surface area contributed by atoms with E-state index in [0.717, 1.165) is 35.3 Å². The van der Waals surface area contributed by atoms with Gasteiger partial charge in [-0.05, 0) is 68.1 Å². The van der Waals surface area contributed by atoms with Crippen LogP contribution in [0.15, 0.2) is 77.7 Å². The Morgan fingerprint density at radius 1 is 0.914 bits per heavy atom. The Kier molecular flexibility index (Phi) is 7.05. The van der Waals surface area contributed by atoms with Crippen LogP contribution in [0.3, 0.4) is 0 Å². The van der Waals surface area contributed by atoms with Gasteiger partial charge in [0, 0.05) is 13.1 Å². The molecule has 4 rings (SSSR count). The second kappa shape index (κ2) is 10.0. The van der Waals surface area contributed by atoms with Crippen molar-refractivity contribution in [2.45, 2.75) is 37.6 Å². The van der Waals surface area contributed by atoms with Gasteiger partial charge < -0.3 is 4.74 Å². The third-order valence-corrected chi connectivity index (χ3v) is 8.21. The lowest BCUT2D eigenvalue weighted by atomic mass is 10.0. The van der Waals surface area contributed by atoms with Gasteiger partial charge in [-0.15, -0.1) is 0 Å². The van der Waals surface area contributed by atoms with Gasteiger partial charge in [-0.3, -0.25) is 9.69 Å². The van der Waals surface area contributed by atoms with E-state index >= 15 is 0 Å². The number of ether oxygens (including phenoxy) is 1. The number of esters is 1. The van der Waals surface area contributed by atoms with E-state index in [1.807, 2.05) is 48.5 Å². The number of rotatable bonds is 6. The maximum absolute atomic E-state index is 13.3. The van der Waals surface area contributed by atoms with Crippen LogP contribution >= 0.6 is 0 Å². The zero-order chi connectivity index (χ0) is 25.2. The fraction of sp³-hybridized carbons (Fsp3) is 0.259. The molecule has 3 aromatic carbocycles. The molecule has 35 heavy (non-hydrogen) atoms. The molecule has 0 spiro atoms. The van der Waals surface area contributed by atoms with Crippen molar-refractivity contribution in [2.24, 2.45) is 0 Å². The number of carbonyl (C=O) groups excluding carboxylic acids is 2. The molecule has 0 radical (unpaired) electrons. The maximum Gasteiger partial charge on any atom is 0.338 e. The quantitative estimate of drug-likeness (QED) is 0.478. The predicted molar refractivity (Wildman–Crippen MR) is 134 cm³/mol. The third-order valence-electron chi connectivity index (χ3n) is 6.18. The summed E-state index contributed by atoms with van der Waals surface area (Å²) in [7, 11) is -2.28. The van der Waals surface area contributed by atoms with E-state index in [4.69, 9.17) is 4.74 Å². The van der Waals surface area contributed by atoms with Gasteiger partial charge in [0.15, 0.2) is 6.61 Å². The largest absolute Gasteiger partial charge is 0.452 e. The minimum absolute atomic E-state index is 0.00940. The van der Waals surface area contributed by atoms with Crippen molar-refractivity contribution < 1.29 is 22.7 Å². The van der Waals surface area contributed by atoms with Crippen LogP contribution in [0.2, 0.25) is 0 Å². The van der Waals surface area contributed by atoms with E-state index < -0.39 is 22.6 Å². The number of hydrogen-bond donors (Lipinski definition) is 0. The first kappa shape index (κ1) is 24.6. The van der Waals surface area contributed by atoms with E-state index in [1.54, 1.807) is 18.7 Å². The zero-order valence-corrected chi connectivity index (χ0v) is 20.8. The minimum atomic E-state index is -3.76. The summed E-state index contributed by atoms with van der Waals surface area (Å²) in [5.74, 6) is -1.15. The van der Waals surface area contributed by atoms with Crippen molar-refractivity contribution in [1.82, 2.24) is 4.31 Å². The average molecular weight is 493 g/mol. The standard InChI is InChI=1S/C27H28N2O5S/c1-19(2)28(3)35(32,33)23-12-8-11-22(17-23)27(31)34-18-26(30)29-24-13-6-4-9-20(24)15-16-21-10-5-7-14-25(21)29/h4-14,17,19H,15-16,18H2,1-3H3. The fourth-order valence-corrected chi connectivity index (χ4v) is 5.47. The number of benzene rings is 3. The molecule has 0 bridgehead atoms. The Bertz CT molecular complexity index is 1320. The van der Waals surface area contributed by atoms with Gasteiger partial charge in [-0.2, -0.15) is 4.31 Å². The first-order chi connectivity index (χ1) is 16.7. The molecule has 8 heteroatoms. The number of para-hydroxylation sites is 2. The van der Waals surface area contributed by atoms with Crippen molar-refractivity contribution in [3.63, 3.8) is 0 Å². The Morgan fingerprint density at radius 3 is 2.06 bits per heavy atom. The van der Waals surface area contributed by atoms with Crippen LogP contribution in [0.25, 0.3) is 0 Å². The summed E-state index contributed by atoms with van der Waals surface area (Å²) in [4.78, 5) is 27.7. The molecule has 0 atom stereocenters. The van der Waals surface area contributed by atoms with Gasteiger partial charge in [0.2, 0.25) is 10.0 Å². The molecule has 0 fully saturated rings. The number of nitrogens with zero attached hydrogens (tertiary/aromatic N) is 2. The zero-order valence-electron chi connectivity index (χ0n) is 20.0. The first-order valence-electron chi connectivity index (χ1n) is 11.4. The number of aryl methyl sites for hydroxylation is 2. The van der Waals surface area contributed by atoms with Crippen LogP contribution in [0, 0.1) is 0 Å². The van der Waals surface area contributed by atoms with Crippen molar-refractivity contribution in [3.8, 4) is 0 Å². The third kappa shape index (κ3) is 4.99. The average Bonchev–Trinajstić information content (AvgIpc) is 3.03. The van der Waals surface area contributed by atoms with Gasteiger partial charge in [0.1, 0.15) is 0 Å². The highest BCUT2D eigenvalue weighted by molar-refractivity contribution is 7.89. The van der Waals surface area contributed by atoms with E-state index in [0.29, 0.717) is 0 Å². The SMILES string of the molecule is CC(C)N(C)S(=O)(=O)c1cccc(C(=O)OCC(=O)N2c3ccccc3CCc3ccccc32)c1. The van der Waals surface area contributed by atoms with Crippen molar-refractivity contribution >= 4 is 33.3 Å². The molecule has 0 saturated carbocycles. The number of amides is 1. The number of carbonyl (C=O) groups is 2. The highest BCUT2D eigenvalue weighted by Crippen LogP contribution is 2.36. The summed E-state index contributed by atoms with van der Waals surface area (Å²) in [6.45, 7) is 3.05. The first-order valence-corrected chi connectivity index (χ1v) is 12.9. The molecule has 0 aliphatic carbocycles. The minimum Gasteiger partial charge on any atom is -0.452 e.